The zero-order valence-electron chi connectivity index (χ0n) is 10.6. The van der Waals surface area contributed by atoms with E-state index in [1.807, 2.05) is 20.8 Å². The van der Waals surface area contributed by atoms with Crippen molar-refractivity contribution in [2.75, 3.05) is 33.3 Å². The van der Waals surface area contributed by atoms with Crippen LogP contribution in [0.4, 0.5) is 4.79 Å². The predicted molar refractivity (Wildman–Crippen MR) is 61.3 cm³/mol. The van der Waals surface area contributed by atoms with E-state index in [4.69, 9.17) is 9.84 Å². The van der Waals surface area contributed by atoms with E-state index in [9.17, 15) is 4.79 Å². The molecule has 1 aliphatic rings. The Hall–Kier alpha value is -0.810. The molecule has 0 bridgehead atoms. The molecule has 5 nitrogen and oxygen atoms in total. The van der Waals surface area contributed by atoms with Gasteiger partial charge in [0, 0.05) is 26.7 Å². The van der Waals surface area contributed by atoms with Gasteiger partial charge in [-0.25, -0.2) is 4.79 Å². The Balaban J connectivity index is 2.31. The van der Waals surface area contributed by atoms with Gasteiger partial charge in [-0.3, -0.25) is 4.90 Å². The Labute approximate surface area is 97.0 Å². The molecule has 1 N–H and O–H groups in total. The molecular formula is C11H22N2O3. The first kappa shape index (κ1) is 13.3. The van der Waals surface area contributed by atoms with E-state index >= 15 is 0 Å². The third kappa shape index (κ3) is 3.64. The smallest absolute Gasteiger partial charge is 0.410 e. The quantitative estimate of drug-likeness (QED) is 0.768. The fourth-order valence-electron chi connectivity index (χ4n) is 1.59. The lowest BCUT2D eigenvalue weighted by atomic mass is 10.1. The van der Waals surface area contributed by atoms with Gasteiger partial charge in [0.25, 0.3) is 0 Å². The van der Waals surface area contributed by atoms with Crippen LogP contribution in [-0.2, 0) is 4.74 Å². The predicted octanol–water partition coefficient (Wildman–Crippen LogP) is 0.530. The van der Waals surface area contributed by atoms with Crippen molar-refractivity contribution in [2.24, 2.45) is 0 Å². The van der Waals surface area contributed by atoms with E-state index in [1.165, 1.54) is 0 Å². The summed E-state index contributed by atoms with van der Waals surface area (Å²) in [6.45, 7) is 8.06. The molecule has 1 amide bonds. The second-order valence-corrected chi connectivity index (χ2v) is 5.23. The van der Waals surface area contributed by atoms with Crippen LogP contribution < -0.4 is 0 Å². The lowest BCUT2D eigenvalue weighted by molar-refractivity contribution is -0.00671. The minimum absolute atomic E-state index is 0.170. The van der Waals surface area contributed by atoms with Crippen molar-refractivity contribution in [3.05, 3.63) is 0 Å². The maximum absolute atomic E-state index is 11.7. The molecule has 0 saturated carbocycles. The van der Waals surface area contributed by atoms with Crippen LogP contribution in [0.2, 0.25) is 0 Å². The summed E-state index contributed by atoms with van der Waals surface area (Å²) in [6.07, 6.45) is -0.277. The number of ether oxygens (including phenoxy) is 1. The molecule has 1 saturated heterocycles. The fourth-order valence-corrected chi connectivity index (χ4v) is 1.59. The van der Waals surface area contributed by atoms with Crippen molar-refractivity contribution < 1.29 is 14.6 Å². The number of amides is 1. The number of β-amino-alcohol motifs (C(OH)–C–C–N with tert-alkyl or cyclic N) is 1. The van der Waals surface area contributed by atoms with Crippen LogP contribution in [0.5, 0.6) is 0 Å². The summed E-state index contributed by atoms with van der Waals surface area (Å²) >= 11 is 0. The summed E-state index contributed by atoms with van der Waals surface area (Å²) in [6, 6.07) is 0.210. The number of likely N-dealkylation sites (N-methyl/N-ethyl adjacent to an activating group) is 1. The maximum Gasteiger partial charge on any atom is 0.410 e. The van der Waals surface area contributed by atoms with Gasteiger partial charge in [0.15, 0.2) is 0 Å². The van der Waals surface area contributed by atoms with Crippen molar-refractivity contribution in [1.29, 1.82) is 0 Å². The van der Waals surface area contributed by atoms with Gasteiger partial charge in [-0.15, -0.1) is 0 Å². The number of aliphatic hydroxyl groups is 1. The average Bonchev–Trinajstić information content (AvgIpc) is 2.06. The highest BCUT2D eigenvalue weighted by Crippen LogP contribution is 2.16. The van der Waals surface area contributed by atoms with Crippen LogP contribution in [0.25, 0.3) is 0 Å². The van der Waals surface area contributed by atoms with E-state index in [0.29, 0.717) is 6.54 Å². The Morgan fingerprint density at radius 2 is 2.06 bits per heavy atom. The normalized spacial score (nSPS) is 18.1. The summed E-state index contributed by atoms with van der Waals surface area (Å²) in [5.74, 6) is 0. The monoisotopic (exact) mass is 230 g/mol. The van der Waals surface area contributed by atoms with Gasteiger partial charge in [0.05, 0.1) is 12.6 Å². The number of rotatable bonds is 3. The Morgan fingerprint density at radius 1 is 1.50 bits per heavy atom. The minimum Gasteiger partial charge on any atom is -0.444 e. The maximum atomic E-state index is 11.7. The van der Waals surface area contributed by atoms with E-state index < -0.39 is 5.60 Å². The molecule has 0 aromatic heterocycles. The van der Waals surface area contributed by atoms with Crippen LogP contribution in [0, 0.1) is 0 Å². The van der Waals surface area contributed by atoms with Crippen molar-refractivity contribution in [1.82, 2.24) is 9.80 Å². The van der Waals surface area contributed by atoms with Gasteiger partial charge < -0.3 is 14.7 Å². The number of likely N-dealkylation sites (tertiary alicyclic amines) is 1. The van der Waals surface area contributed by atoms with Crippen LogP contribution in [0.3, 0.4) is 0 Å². The van der Waals surface area contributed by atoms with Gasteiger partial charge in [0.1, 0.15) is 5.60 Å². The number of nitrogens with zero attached hydrogens (tertiary/aromatic N) is 2. The molecule has 0 aromatic carbocycles. The summed E-state index contributed by atoms with van der Waals surface area (Å²) < 4.78 is 5.27. The second-order valence-electron chi connectivity index (χ2n) is 5.23. The van der Waals surface area contributed by atoms with Crippen LogP contribution >= 0.6 is 0 Å². The highest BCUT2D eigenvalue weighted by Gasteiger charge is 2.33. The van der Waals surface area contributed by atoms with Gasteiger partial charge in [-0.1, -0.05) is 0 Å². The molecule has 16 heavy (non-hydrogen) atoms. The molecule has 0 aliphatic carbocycles. The van der Waals surface area contributed by atoms with E-state index in [-0.39, 0.29) is 18.7 Å². The van der Waals surface area contributed by atoms with Gasteiger partial charge in [-0.2, -0.15) is 0 Å². The number of hydrogen-bond acceptors (Lipinski definition) is 4. The molecule has 94 valence electrons. The zero-order valence-corrected chi connectivity index (χ0v) is 10.6. The first-order valence-electron chi connectivity index (χ1n) is 5.62. The first-order chi connectivity index (χ1) is 7.33. The van der Waals surface area contributed by atoms with Gasteiger partial charge in [-0.05, 0) is 20.8 Å². The summed E-state index contributed by atoms with van der Waals surface area (Å²) in [5.41, 5.74) is -0.445. The topological polar surface area (TPSA) is 53.0 Å². The van der Waals surface area contributed by atoms with E-state index in [0.717, 1.165) is 13.1 Å². The molecule has 1 heterocycles. The van der Waals surface area contributed by atoms with Crippen molar-refractivity contribution in [2.45, 2.75) is 32.4 Å². The van der Waals surface area contributed by atoms with E-state index in [1.54, 1.807) is 11.9 Å². The van der Waals surface area contributed by atoms with Gasteiger partial charge >= 0.3 is 6.09 Å². The van der Waals surface area contributed by atoms with Crippen LogP contribution in [0.15, 0.2) is 0 Å². The molecular weight excluding hydrogens is 208 g/mol. The van der Waals surface area contributed by atoms with E-state index in [2.05, 4.69) is 4.90 Å². The van der Waals surface area contributed by atoms with Crippen molar-refractivity contribution in [3.63, 3.8) is 0 Å². The lowest BCUT2D eigenvalue weighted by Crippen LogP contribution is -2.60. The molecule has 0 spiro atoms. The summed E-state index contributed by atoms with van der Waals surface area (Å²) in [5, 5.41) is 8.74. The molecule has 1 fully saturated rings. The first-order valence-corrected chi connectivity index (χ1v) is 5.62. The summed E-state index contributed by atoms with van der Waals surface area (Å²) in [4.78, 5) is 15.4. The zero-order chi connectivity index (χ0) is 12.3. The molecule has 0 atom stereocenters. The lowest BCUT2D eigenvalue weighted by Gasteiger charge is -2.43. The van der Waals surface area contributed by atoms with Crippen molar-refractivity contribution >= 4 is 6.09 Å². The molecule has 0 radical (unpaired) electrons. The molecule has 1 aliphatic heterocycles. The number of carbonyl (C=O) groups excluding carboxylic acids is 1. The van der Waals surface area contributed by atoms with Crippen molar-refractivity contribution in [3.8, 4) is 0 Å². The number of carbonyl (C=O) groups is 1. The van der Waals surface area contributed by atoms with Crippen LogP contribution in [0.1, 0.15) is 20.8 Å². The standard InChI is InChI=1S/C11H22N2O3/c1-11(2,3)16-10(15)12(4)9-7-13(8-9)5-6-14/h9,14H,5-8H2,1-4H3. The Bertz CT molecular complexity index is 244. The largest absolute Gasteiger partial charge is 0.444 e. The minimum atomic E-state index is -0.445. The average molecular weight is 230 g/mol. The molecule has 5 heteroatoms. The Kier molecular flexibility index (Phi) is 4.15. The molecule has 1 rings (SSSR count). The molecule has 0 unspecified atom stereocenters. The fraction of sp³-hybridized carbons (Fsp3) is 0.909. The highest BCUT2D eigenvalue weighted by molar-refractivity contribution is 5.68. The second kappa shape index (κ2) is 5.01. The third-order valence-electron chi connectivity index (χ3n) is 2.58. The molecule has 0 aromatic rings. The summed E-state index contributed by atoms with van der Waals surface area (Å²) in [7, 11) is 1.76. The Morgan fingerprint density at radius 3 is 2.50 bits per heavy atom. The van der Waals surface area contributed by atoms with Gasteiger partial charge in [0.2, 0.25) is 0 Å². The third-order valence-corrected chi connectivity index (χ3v) is 2.58. The number of hydrogen-bond donors (Lipinski definition) is 1. The SMILES string of the molecule is CN(C(=O)OC(C)(C)C)C1CN(CCO)C1. The van der Waals surface area contributed by atoms with Crippen LogP contribution in [-0.4, -0.2) is 65.9 Å². The number of aliphatic hydroxyl groups excluding tert-OH is 1. The highest BCUT2D eigenvalue weighted by atomic mass is 16.6.